The molecule has 0 aromatic heterocycles. The van der Waals surface area contributed by atoms with Crippen molar-refractivity contribution in [1.29, 1.82) is 0 Å². The number of hydrogen-bond acceptors (Lipinski definition) is 4. The van der Waals surface area contributed by atoms with Gasteiger partial charge in [-0.1, -0.05) is 48.9 Å². The molecule has 7 heteroatoms. The molecule has 0 saturated carbocycles. The lowest BCUT2D eigenvalue weighted by atomic mass is 9.98. The first-order valence-corrected chi connectivity index (χ1v) is 10.7. The second-order valence-corrected chi connectivity index (χ2v) is 8.36. The van der Waals surface area contributed by atoms with Crippen molar-refractivity contribution in [1.82, 2.24) is 15.3 Å². The van der Waals surface area contributed by atoms with Crippen LogP contribution in [0.1, 0.15) is 42.5 Å². The van der Waals surface area contributed by atoms with Gasteiger partial charge in [0.15, 0.2) is 0 Å². The van der Waals surface area contributed by atoms with Crippen molar-refractivity contribution >= 4 is 23.4 Å². The average Bonchev–Trinajstić information content (AvgIpc) is 3.18. The molecule has 2 heterocycles. The first kappa shape index (κ1) is 21.1. The highest BCUT2D eigenvalue weighted by atomic mass is 16.2. The van der Waals surface area contributed by atoms with Gasteiger partial charge in [0.2, 0.25) is 11.8 Å². The van der Waals surface area contributed by atoms with Crippen LogP contribution in [0.3, 0.4) is 0 Å². The summed E-state index contributed by atoms with van der Waals surface area (Å²) < 4.78 is 0. The predicted molar refractivity (Wildman–Crippen MR) is 118 cm³/mol. The largest absolute Gasteiger partial charge is 0.340 e. The summed E-state index contributed by atoms with van der Waals surface area (Å²) in [6.45, 7) is 5.83. The van der Waals surface area contributed by atoms with Crippen LogP contribution in [-0.2, 0) is 20.9 Å². The number of fused-ring (bicyclic) bond motifs is 2. The molecule has 0 aliphatic carbocycles. The Kier molecular flexibility index (Phi) is 6.04. The number of benzene rings is 2. The van der Waals surface area contributed by atoms with E-state index in [0.717, 1.165) is 29.7 Å². The van der Waals surface area contributed by atoms with Crippen LogP contribution in [0.25, 0.3) is 0 Å². The van der Waals surface area contributed by atoms with Gasteiger partial charge in [0.1, 0.15) is 6.04 Å². The number of nitrogens with one attached hydrogen (secondary N) is 2. The number of anilines is 1. The Morgan fingerprint density at radius 1 is 1.10 bits per heavy atom. The number of hydrazine groups is 1. The number of hydrogen-bond donors (Lipinski definition) is 2. The van der Waals surface area contributed by atoms with Gasteiger partial charge in [-0.3, -0.25) is 19.4 Å². The molecular formula is C24H28N4O3. The SMILES string of the molecule is Cc1ccc(NC(=O)C[C@@H](C)C(=O)N[C@@H]2C(=O)N3CCCN3Cc3ccccc32)cc1. The third-order valence-electron chi connectivity index (χ3n) is 5.91. The Balaban J connectivity index is 1.44. The van der Waals surface area contributed by atoms with Crippen molar-refractivity contribution in [3.05, 3.63) is 65.2 Å². The van der Waals surface area contributed by atoms with Crippen LogP contribution in [0.2, 0.25) is 0 Å². The van der Waals surface area contributed by atoms with Gasteiger partial charge in [-0.2, -0.15) is 0 Å². The van der Waals surface area contributed by atoms with Gasteiger partial charge in [-0.15, -0.1) is 0 Å². The molecule has 2 aliphatic rings. The summed E-state index contributed by atoms with van der Waals surface area (Å²) in [4.78, 5) is 38.6. The van der Waals surface area contributed by atoms with E-state index in [1.807, 2.05) is 60.5 Å². The van der Waals surface area contributed by atoms with Crippen LogP contribution < -0.4 is 10.6 Å². The van der Waals surface area contributed by atoms with E-state index in [1.54, 1.807) is 11.9 Å². The fourth-order valence-electron chi connectivity index (χ4n) is 4.16. The maximum atomic E-state index is 13.2. The molecule has 2 N–H and O–H groups in total. The predicted octanol–water partition coefficient (Wildman–Crippen LogP) is 2.78. The van der Waals surface area contributed by atoms with E-state index in [1.165, 1.54) is 0 Å². The summed E-state index contributed by atoms with van der Waals surface area (Å²) in [5.74, 6) is -1.22. The molecule has 162 valence electrons. The normalized spacial score (nSPS) is 19.2. The Morgan fingerprint density at radius 2 is 1.84 bits per heavy atom. The highest BCUT2D eigenvalue weighted by molar-refractivity contribution is 5.95. The van der Waals surface area contributed by atoms with Gasteiger partial charge in [-0.25, -0.2) is 5.01 Å². The third-order valence-corrected chi connectivity index (χ3v) is 5.91. The van der Waals surface area contributed by atoms with Gasteiger partial charge < -0.3 is 10.6 Å². The van der Waals surface area contributed by atoms with Crippen LogP contribution in [0, 0.1) is 12.8 Å². The van der Waals surface area contributed by atoms with Gasteiger partial charge in [-0.05, 0) is 36.6 Å². The Bertz CT molecular complexity index is 989. The molecule has 0 unspecified atom stereocenters. The minimum Gasteiger partial charge on any atom is -0.340 e. The molecule has 0 spiro atoms. The molecule has 3 amide bonds. The first-order chi connectivity index (χ1) is 14.9. The number of nitrogens with zero attached hydrogens (tertiary/aromatic N) is 2. The smallest absolute Gasteiger partial charge is 0.264 e. The molecular weight excluding hydrogens is 392 g/mol. The fraction of sp³-hybridized carbons (Fsp3) is 0.375. The van der Waals surface area contributed by atoms with E-state index >= 15 is 0 Å². The molecule has 31 heavy (non-hydrogen) atoms. The van der Waals surface area contributed by atoms with Crippen LogP contribution in [0.15, 0.2) is 48.5 Å². The quantitative estimate of drug-likeness (QED) is 0.779. The molecule has 1 saturated heterocycles. The van der Waals surface area contributed by atoms with Crippen molar-refractivity contribution < 1.29 is 14.4 Å². The summed E-state index contributed by atoms with van der Waals surface area (Å²) in [6, 6.07) is 14.5. The molecule has 2 aromatic carbocycles. The Labute approximate surface area is 182 Å². The van der Waals surface area contributed by atoms with Gasteiger partial charge in [0.25, 0.3) is 5.91 Å². The highest BCUT2D eigenvalue weighted by Gasteiger charge is 2.38. The molecule has 2 aromatic rings. The van der Waals surface area contributed by atoms with Crippen molar-refractivity contribution in [3.8, 4) is 0 Å². The molecule has 0 radical (unpaired) electrons. The molecule has 0 bridgehead atoms. The van der Waals surface area contributed by atoms with Crippen LogP contribution in [-0.4, -0.2) is 40.8 Å². The minimum atomic E-state index is -0.741. The van der Waals surface area contributed by atoms with Gasteiger partial charge in [0.05, 0.1) is 0 Å². The third kappa shape index (κ3) is 4.61. The lowest BCUT2D eigenvalue weighted by Crippen LogP contribution is -2.46. The second-order valence-electron chi connectivity index (χ2n) is 8.36. The zero-order valence-corrected chi connectivity index (χ0v) is 17.9. The molecule has 2 atom stereocenters. The maximum Gasteiger partial charge on any atom is 0.264 e. The second kappa shape index (κ2) is 8.89. The molecule has 2 aliphatic heterocycles. The summed E-state index contributed by atoms with van der Waals surface area (Å²) in [5, 5.41) is 9.54. The number of carbonyl (C=O) groups is 3. The number of rotatable bonds is 5. The zero-order valence-electron chi connectivity index (χ0n) is 17.9. The number of amides is 3. The van der Waals surface area contributed by atoms with E-state index in [0.29, 0.717) is 18.8 Å². The lowest BCUT2D eigenvalue weighted by molar-refractivity contribution is -0.148. The molecule has 7 nitrogen and oxygen atoms in total. The van der Waals surface area contributed by atoms with Crippen LogP contribution in [0.4, 0.5) is 5.69 Å². The summed E-state index contributed by atoms with van der Waals surface area (Å²) in [7, 11) is 0. The van der Waals surface area contributed by atoms with Crippen molar-refractivity contribution in [2.75, 3.05) is 18.4 Å². The summed E-state index contributed by atoms with van der Waals surface area (Å²) in [5.41, 5.74) is 3.67. The van der Waals surface area contributed by atoms with E-state index in [9.17, 15) is 14.4 Å². The number of aryl methyl sites for hydroxylation is 1. The van der Waals surface area contributed by atoms with Gasteiger partial charge in [0, 0.05) is 37.7 Å². The van der Waals surface area contributed by atoms with Gasteiger partial charge >= 0.3 is 0 Å². The fourth-order valence-corrected chi connectivity index (χ4v) is 4.16. The maximum absolute atomic E-state index is 13.2. The summed E-state index contributed by atoms with van der Waals surface area (Å²) >= 11 is 0. The first-order valence-electron chi connectivity index (χ1n) is 10.7. The van der Waals surface area contributed by atoms with Crippen molar-refractivity contribution in [2.24, 2.45) is 5.92 Å². The van der Waals surface area contributed by atoms with E-state index in [2.05, 4.69) is 10.6 Å². The monoisotopic (exact) mass is 420 g/mol. The van der Waals surface area contributed by atoms with Crippen molar-refractivity contribution in [3.63, 3.8) is 0 Å². The molecule has 1 fully saturated rings. The topological polar surface area (TPSA) is 81.8 Å². The molecule has 4 rings (SSSR count). The highest BCUT2D eigenvalue weighted by Crippen LogP contribution is 2.30. The summed E-state index contributed by atoms with van der Waals surface area (Å²) in [6.07, 6.45) is 0.961. The van der Waals surface area contributed by atoms with Crippen LogP contribution >= 0.6 is 0 Å². The van der Waals surface area contributed by atoms with E-state index < -0.39 is 12.0 Å². The average molecular weight is 421 g/mol. The minimum absolute atomic E-state index is 0.0398. The standard InChI is InChI=1S/C24H28N4O3/c1-16-8-10-19(11-9-16)25-21(29)14-17(2)23(30)26-22-20-7-4-3-6-18(20)15-27-12-5-13-28(27)24(22)31/h3-4,6-11,17,22H,5,12-15H2,1-2H3,(H,25,29)(H,26,30)/t17-,22+/m1/s1. The van der Waals surface area contributed by atoms with Crippen molar-refractivity contribution in [2.45, 2.75) is 39.3 Å². The van der Waals surface area contributed by atoms with E-state index in [-0.39, 0.29) is 24.1 Å². The lowest BCUT2D eigenvalue weighted by Gasteiger charge is -2.28. The Morgan fingerprint density at radius 3 is 2.61 bits per heavy atom. The zero-order chi connectivity index (χ0) is 22.0. The Hall–Kier alpha value is -3.19. The van der Waals surface area contributed by atoms with Crippen LogP contribution in [0.5, 0.6) is 0 Å². The number of carbonyl (C=O) groups excluding carboxylic acids is 3. The van der Waals surface area contributed by atoms with E-state index in [4.69, 9.17) is 0 Å².